The molecule has 29 heteroatoms. The summed E-state index contributed by atoms with van der Waals surface area (Å²) in [6, 6.07) is 11.8. The van der Waals surface area contributed by atoms with E-state index in [9.17, 15) is 43.7 Å². The SMILES string of the molecule is COCCOCCOCCOCCOCCOCC[N+](CCCS(=O)(=O)O)=c1ccc2c(C(C)(C)C)cc(/C=C/C=C3/N(CCOCCOCCOCCOCCOCCOCCC(=O)O)c4ccc(S(=O)(=O)[O-])cc4C3(C)CCCS(=O)(=O)O)oc-2c1. The fourth-order valence-electron chi connectivity index (χ4n) is 9.25. The van der Waals surface area contributed by atoms with Crippen molar-refractivity contribution in [1.82, 2.24) is 4.58 Å². The van der Waals surface area contributed by atoms with E-state index in [2.05, 4.69) is 20.8 Å². The van der Waals surface area contributed by atoms with Crippen molar-refractivity contribution in [2.45, 2.75) is 69.1 Å². The molecule has 2 aliphatic heterocycles. The van der Waals surface area contributed by atoms with Gasteiger partial charge in [-0.05, 0) is 78.8 Å². The molecule has 0 saturated heterocycles. The number of carboxylic acids is 1. The van der Waals surface area contributed by atoms with Gasteiger partial charge in [0.15, 0.2) is 6.54 Å². The van der Waals surface area contributed by atoms with Crippen LogP contribution in [0.15, 0.2) is 69.6 Å². The molecule has 2 heterocycles. The van der Waals surface area contributed by atoms with E-state index in [1.54, 1.807) is 25.3 Å². The number of hydrogen-bond acceptors (Lipinski definition) is 22. The molecule has 500 valence electrons. The Morgan fingerprint density at radius 3 is 1.58 bits per heavy atom. The molecule has 0 bridgehead atoms. The van der Waals surface area contributed by atoms with Gasteiger partial charge in [0.1, 0.15) is 34.8 Å². The van der Waals surface area contributed by atoms with Crippen LogP contribution in [-0.4, -0.2) is 240 Å². The second kappa shape index (κ2) is 40.5. The second-order valence-electron chi connectivity index (χ2n) is 21.4. The van der Waals surface area contributed by atoms with Gasteiger partial charge in [0.25, 0.3) is 20.2 Å². The normalized spacial score (nSPS) is 15.8. The maximum atomic E-state index is 12.4. The van der Waals surface area contributed by atoms with Crippen LogP contribution in [-0.2, 0) is 103 Å². The Morgan fingerprint density at radius 2 is 1.10 bits per heavy atom. The van der Waals surface area contributed by atoms with E-state index in [1.165, 1.54) is 12.1 Å². The number of hydrogen-bond donors (Lipinski definition) is 3. The number of nitrogens with zero attached hydrogens (tertiary/aromatic N) is 2. The van der Waals surface area contributed by atoms with Crippen LogP contribution in [0.4, 0.5) is 5.69 Å². The van der Waals surface area contributed by atoms with Crippen molar-refractivity contribution in [3.05, 3.63) is 82.6 Å². The molecule has 0 amide bonds. The van der Waals surface area contributed by atoms with Gasteiger partial charge in [0.05, 0.1) is 174 Å². The molecule has 3 N–H and O–H groups in total. The lowest BCUT2D eigenvalue weighted by Crippen LogP contribution is -2.35. The highest BCUT2D eigenvalue weighted by Crippen LogP contribution is 2.51. The minimum Gasteiger partial charge on any atom is -0.744 e. The summed E-state index contributed by atoms with van der Waals surface area (Å²) in [6.07, 6.45) is 5.53. The third-order valence-corrected chi connectivity index (χ3v) is 16.0. The predicted molar refractivity (Wildman–Crippen MR) is 325 cm³/mol. The Labute approximate surface area is 518 Å². The number of fused-ring (bicyclic) bond motifs is 2. The number of rotatable bonds is 50. The summed E-state index contributed by atoms with van der Waals surface area (Å²) in [5.74, 6) is -0.941. The van der Waals surface area contributed by atoms with Crippen LogP contribution in [0.2, 0.25) is 0 Å². The standard InChI is InChI=1S/C59H92N2O24S3/c1-58(2,3)52-46-49(85-55-45-48(11-13-51(52)55)60(17-8-44-87(67,68)69)18-21-75-26-29-79-34-37-83-40-39-81-32-31-77-24-23-73-5)9-6-10-56-59(4,16-7-43-86(64,65)66)53-47-50(88(70,71)72)12-14-54(53)61(56)19-22-76-27-30-80-35-38-84-42-41-82-36-33-78-28-25-74-20-15-57(62)63/h6,9-14,45-47H,7-8,15-44H2,1-5H3,(H3-,62,63,64,65,66,67,68,69,70,71,72). The third kappa shape index (κ3) is 30.2. The summed E-state index contributed by atoms with van der Waals surface area (Å²) >= 11 is 0. The molecular weight excluding hydrogens is 1220 g/mol. The summed E-state index contributed by atoms with van der Waals surface area (Å²) in [7, 11) is -11.9. The van der Waals surface area contributed by atoms with Gasteiger partial charge in [0, 0.05) is 48.5 Å². The van der Waals surface area contributed by atoms with Crippen molar-refractivity contribution in [2.75, 3.05) is 195 Å². The summed E-state index contributed by atoms with van der Waals surface area (Å²) < 4.78 is 179. The second-order valence-corrected chi connectivity index (χ2v) is 25.9. The number of benzene rings is 2. The van der Waals surface area contributed by atoms with Crippen molar-refractivity contribution in [3.8, 4) is 11.3 Å². The Hall–Kier alpha value is -4.35. The predicted octanol–water partition coefficient (Wildman–Crippen LogP) is 4.28. The number of ether oxygens (including phenoxy) is 12. The molecule has 0 fully saturated rings. The largest absolute Gasteiger partial charge is 0.744 e. The fourth-order valence-corrected chi connectivity index (χ4v) is 10.8. The van der Waals surface area contributed by atoms with E-state index in [4.69, 9.17) is 66.4 Å². The Balaban J connectivity index is 1.47. The zero-order chi connectivity index (χ0) is 64.3. The van der Waals surface area contributed by atoms with E-state index >= 15 is 0 Å². The summed E-state index contributed by atoms with van der Waals surface area (Å²) in [6.45, 7) is 16.8. The molecule has 1 atom stereocenters. The van der Waals surface area contributed by atoms with E-state index in [1.807, 2.05) is 46.7 Å². The van der Waals surface area contributed by atoms with Crippen molar-refractivity contribution in [2.24, 2.45) is 0 Å². The van der Waals surface area contributed by atoms with Crippen LogP contribution in [0.25, 0.3) is 17.4 Å². The topological polar surface area (TPSA) is 333 Å². The molecule has 1 aromatic rings. The number of methoxy groups -OCH3 is 1. The first-order valence-corrected chi connectivity index (χ1v) is 33.9. The van der Waals surface area contributed by atoms with E-state index in [0.717, 1.165) is 11.1 Å². The molecule has 26 nitrogen and oxygen atoms in total. The average Bonchev–Trinajstić information content (AvgIpc) is 1.78. The molecular formula is C59H92N2O24S3. The van der Waals surface area contributed by atoms with Gasteiger partial charge in [-0.2, -0.15) is 16.8 Å². The van der Waals surface area contributed by atoms with Gasteiger partial charge in [-0.1, -0.05) is 26.8 Å². The van der Waals surface area contributed by atoms with Crippen LogP contribution < -0.4 is 14.8 Å². The van der Waals surface area contributed by atoms with Crippen LogP contribution in [0, 0.1) is 0 Å². The zero-order valence-electron chi connectivity index (χ0n) is 51.4. The molecule has 0 spiro atoms. The Bertz CT molecular complexity index is 2960. The number of carbonyl (C=O) groups is 1. The fraction of sp³-hybridized carbons (Fsp3) is 0.661. The highest BCUT2D eigenvalue weighted by atomic mass is 32.2. The molecule has 0 saturated carbocycles. The van der Waals surface area contributed by atoms with E-state index in [0.29, 0.717) is 159 Å². The third-order valence-electron chi connectivity index (χ3n) is 13.6. The van der Waals surface area contributed by atoms with Gasteiger partial charge in [-0.25, -0.2) is 13.0 Å². The first kappa shape index (κ1) is 76.1. The maximum absolute atomic E-state index is 12.4. The zero-order valence-corrected chi connectivity index (χ0v) is 53.9. The highest BCUT2D eigenvalue weighted by Gasteiger charge is 2.43. The summed E-state index contributed by atoms with van der Waals surface area (Å²) in [4.78, 5) is 12.0. The van der Waals surface area contributed by atoms with Crippen LogP contribution >= 0.6 is 0 Å². The molecule has 4 rings (SSSR count). The van der Waals surface area contributed by atoms with Gasteiger partial charge in [0.2, 0.25) is 5.36 Å². The van der Waals surface area contributed by atoms with Gasteiger partial charge < -0.3 is 75.8 Å². The molecule has 1 aromatic carbocycles. The molecule has 0 radical (unpaired) electrons. The van der Waals surface area contributed by atoms with Crippen molar-refractivity contribution < 1.29 is 110 Å². The summed E-state index contributed by atoms with van der Waals surface area (Å²) in [5.41, 5.74) is 1.99. The molecule has 3 aliphatic rings. The monoisotopic (exact) mass is 1310 g/mol. The summed E-state index contributed by atoms with van der Waals surface area (Å²) in [5, 5.41) is 9.34. The van der Waals surface area contributed by atoms with Crippen LogP contribution in [0.1, 0.15) is 70.3 Å². The first-order valence-electron chi connectivity index (χ1n) is 29.3. The minimum atomic E-state index is -4.91. The lowest BCUT2D eigenvalue weighted by Gasteiger charge is -2.30. The smallest absolute Gasteiger partial charge is 0.305 e. The first-order chi connectivity index (χ1) is 41.9. The highest BCUT2D eigenvalue weighted by molar-refractivity contribution is 7.86. The maximum Gasteiger partial charge on any atom is 0.305 e. The average molecular weight is 1310 g/mol. The van der Waals surface area contributed by atoms with Gasteiger partial charge in [-0.15, -0.1) is 0 Å². The van der Waals surface area contributed by atoms with E-state index < -0.39 is 58.1 Å². The molecule has 1 aliphatic carbocycles. The van der Waals surface area contributed by atoms with Gasteiger partial charge >= 0.3 is 5.97 Å². The number of carboxylic acid groups (broad SMARTS) is 1. The quantitative estimate of drug-likeness (QED) is 0.0403. The lowest BCUT2D eigenvalue weighted by atomic mass is 9.77. The number of aliphatic carboxylic acids is 1. The van der Waals surface area contributed by atoms with Gasteiger partial charge in [-0.3, -0.25) is 13.9 Å². The lowest BCUT2D eigenvalue weighted by molar-refractivity contribution is -0.138. The molecule has 1 unspecified atom stereocenters. The number of anilines is 1. The van der Waals surface area contributed by atoms with Crippen LogP contribution in [0.5, 0.6) is 0 Å². The Kier molecular flexibility index (Phi) is 35.0. The van der Waals surface area contributed by atoms with Crippen molar-refractivity contribution in [3.63, 3.8) is 0 Å². The number of allylic oxidation sites excluding steroid dienone is 3. The van der Waals surface area contributed by atoms with E-state index in [-0.39, 0.29) is 77.2 Å². The van der Waals surface area contributed by atoms with Crippen molar-refractivity contribution in [1.29, 1.82) is 0 Å². The van der Waals surface area contributed by atoms with Crippen molar-refractivity contribution >= 4 is 48.1 Å². The minimum absolute atomic E-state index is 0.0141. The molecule has 88 heavy (non-hydrogen) atoms. The Morgan fingerprint density at radius 1 is 0.625 bits per heavy atom. The molecule has 0 aromatic heterocycles. The van der Waals surface area contributed by atoms with Crippen LogP contribution in [0.3, 0.4) is 0 Å².